The molecule has 0 amide bonds. The molecule has 0 fully saturated rings. The summed E-state index contributed by atoms with van der Waals surface area (Å²) in [5.41, 5.74) is 4.30. The number of hydrogen-bond acceptors (Lipinski definition) is 4. The normalized spacial score (nSPS) is 13.3. The Bertz CT molecular complexity index is 984. The van der Waals surface area contributed by atoms with Crippen molar-refractivity contribution < 1.29 is 16.8 Å². The largest absolute Gasteiger partial charge is 0.215 e. The first-order valence-electron chi connectivity index (χ1n) is 9.71. The van der Waals surface area contributed by atoms with Crippen LogP contribution in [0.4, 0.5) is 0 Å². The topological polar surface area (TPSA) is 92.3 Å². The molecule has 0 saturated carbocycles. The van der Waals surface area contributed by atoms with Crippen LogP contribution in [0.1, 0.15) is 37.3 Å². The molecule has 6 nitrogen and oxygen atoms in total. The van der Waals surface area contributed by atoms with Gasteiger partial charge in [0.25, 0.3) is 0 Å². The molecule has 2 rings (SSSR count). The number of rotatable bonds is 11. The Morgan fingerprint density at radius 2 is 1.41 bits per heavy atom. The molecular weight excluding hydrogens is 408 g/mol. The predicted octanol–water partition coefficient (Wildman–Crippen LogP) is 2.88. The highest BCUT2D eigenvalue weighted by molar-refractivity contribution is 7.89. The van der Waals surface area contributed by atoms with E-state index in [0.29, 0.717) is 25.9 Å². The molecule has 2 N–H and O–H groups in total. The summed E-state index contributed by atoms with van der Waals surface area (Å²) in [6, 6.07) is 16.2. The van der Waals surface area contributed by atoms with E-state index in [2.05, 4.69) is 9.44 Å². The van der Waals surface area contributed by atoms with Gasteiger partial charge < -0.3 is 0 Å². The molecule has 0 bridgehead atoms. The molecule has 0 spiro atoms. The van der Waals surface area contributed by atoms with Crippen LogP contribution in [-0.4, -0.2) is 41.9 Å². The first-order valence-corrected chi connectivity index (χ1v) is 13.3. The molecule has 0 aliphatic rings. The zero-order valence-electron chi connectivity index (χ0n) is 17.2. The molecule has 0 radical (unpaired) electrons. The summed E-state index contributed by atoms with van der Waals surface area (Å²) in [4.78, 5) is 0. The van der Waals surface area contributed by atoms with E-state index in [1.807, 2.05) is 62.4 Å². The highest BCUT2D eigenvalue weighted by Gasteiger charge is 2.12. The number of hydrogen-bond donors (Lipinski definition) is 2. The molecule has 0 heterocycles. The van der Waals surface area contributed by atoms with Crippen LogP contribution >= 0.6 is 0 Å². The first-order chi connectivity index (χ1) is 13.6. The zero-order valence-corrected chi connectivity index (χ0v) is 18.8. The minimum absolute atomic E-state index is 0.0837. The van der Waals surface area contributed by atoms with E-state index in [0.717, 1.165) is 28.5 Å². The maximum absolute atomic E-state index is 11.8. The summed E-state index contributed by atoms with van der Waals surface area (Å²) in [7, 11) is -6.35. The monoisotopic (exact) mass is 438 g/mol. The van der Waals surface area contributed by atoms with Crippen LogP contribution in [-0.2, 0) is 26.5 Å². The van der Waals surface area contributed by atoms with E-state index in [9.17, 15) is 16.8 Å². The van der Waals surface area contributed by atoms with Crippen LogP contribution in [0.25, 0.3) is 11.1 Å². The molecule has 160 valence electrons. The average molecular weight is 439 g/mol. The molecule has 8 heteroatoms. The first kappa shape index (κ1) is 23.5. The van der Waals surface area contributed by atoms with Crippen molar-refractivity contribution in [2.24, 2.45) is 0 Å². The maximum atomic E-state index is 11.8. The quantitative estimate of drug-likeness (QED) is 0.564. The highest BCUT2D eigenvalue weighted by Crippen LogP contribution is 2.23. The van der Waals surface area contributed by atoms with Gasteiger partial charge in [0.2, 0.25) is 20.0 Å². The second-order valence-corrected chi connectivity index (χ2v) is 11.1. The molecule has 2 aromatic carbocycles. The van der Waals surface area contributed by atoms with E-state index in [1.54, 1.807) is 0 Å². The predicted molar refractivity (Wildman–Crippen MR) is 119 cm³/mol. The van der Waals surface area contributed by atoms with Crippen LogP contribution < -0.4 is 9.44 Å². The standard InChI is InChI=1S/C21H30N2O4S2/c1-4-15-29(26,27)23-16-17(2)19-9-11-21(12-10-19)20-7-5-18(6-8-20)13-14-22-28(3,24)25/h5-12,17,22-23H,4,13-16H2,1-3H3/t17-/m0/s1. The zero-order chi connectivity index (χ0) is 21.5. The van der Waals surface area contributed by atoms with Crippen molar-refractivity contribution in [2.75, 3.05) is 25.1 Å². The van der Waals surface area contributed by atoms with E-state index in [1.165, 1.54) is 0 Å². The minimum Gasteiger partial charge on any atom is -0.215 e. The summed E-state index contributed by atoms with van der Waals surface area (Å²) in [6.07, 6.45) is 2.39. The summed E-state index contributed by atoms with van der Waals surface area (Å²) in [5.74, 6) is 0.235. The summed E-state index contributed by atoms with van der Waals surface area (Å²) in [6.45, 7) is 4.62. The lowest BCUT2D eigenvalue weighted by Crippen LogP contribution is -2.29. The van der Waals surface area contributed by atoms with E-state index < -0.39 is 20.0 Å². The fraction of sp³-hybridized carbons (Fsp3) is 0.429. The lowest BCUT2D eigenvalue weighted by Gasteiger charge is -2.14. The van der Waals surface area contributed by atoms with Gasteiger partial charge >= 0.3 is 0 Å². The molecule has 0 aromatic heterocycles. The van der Waals surface area contributed by atoms with Crippen LogP contribution in [0.15, 0.2) is 48.5 Å². The molecule has 29 heavy (non-hydrogen) atoms. The fourth-order valence-electron chi connectivity index (χ4n) is 2.96. The molecule has 0 saturated heterocycles. The minimum atomic E-state index is -3.19. The highest BCUT2D eigenvalue weighted by atomic mass is 32.2. The van der Waals surface area contributed by atoms with Crippen molar-refractivity contribution in [3.8, 4) is 11.1 Å². The fourth-order valence-corrected chi connectivity index (χ4v) is 4.62. The van der Waals surface area contributed by atoms with Crippen molar-refractivity contribution in [1.82, 2.24) is 9.44 Å². The van der Waals surface area contributed by atoms with E-state index >= 15 is 0 Å². The van der Waals surface area contributed by atoms with Crippen LogP contribution in [0.2, 0.25) is 0 Å². The molecule has 1 atom stereocenters. The summed E-state index contributed by atoms with van der Waals surface area (Å²) < 4.78 is 51.0. The number of benzene rings is 2. The Balaban J connectivity index is 1.95. The van der Waals surface area contributed by atoms with E-state index in [4.69, 9.17) is 0 Å². The Kier molecular flexibility index (Phi) is 8.39. The van der Waals surface area contributed by atoms with Gasteiger partial charge in [-0.1, -0.05) is 62.4 Å². The van der Waals surface area contributed by atoms with Gasteiger partial charge in [0.15, 0.2) is 0 Å². The Morgan fingerprint density at radius 3 is 1.93 bits per heavy atom. The van der Waals surface area contributed by atoms with Gasteiger partial charge in [-0.2, -0.15) is 0 Å². The number of nitrogens with one attached hydrogen (secondary N) is 2. The molecule has 0 unspecified atom stereocenters. The molecule has 0 aliphatic carbocycles. The molecule has 0 aliphatic heterocycles. The maximum Gasteiger partial charge on any atom is 0.211 e. The SMILES string of the molecule is CCCS(=O)(=O)NC[C@H](C)c1ccc(-c2ccc(CCNS(C)(=O)=O)cc2)cc1. The van der Waals surface area contributed by atoms with Gasteiger partial charge in [0.1, 0.15) is 0 Å². The molecule has 2 aromatic rings. The van der Waals surface area contributed by atoms with Crippen molar-refractivity contribution in [2.45, 2.75) is 32.6 Å². The van der Waals surface area contributed by atoms with Gasteiger partial charge in [0.05, 0.1) is 12.0 Å². The smallest absolute Gasteiger partial charge is 0.211 e. The van der Waals surface area contributed by atoms with Gasteiger partial charge in [-0.25, -0.2) is 26.3 Å². The third-order valence-electron chi connectivity index (χ3n) is 4.63. The van der Waals surface area contributed by atoms with Crippen molar-refractivity contribution >= 4 is 20.0 Å². The van der Waals surface area contributed by atoms with Crippen molar-refractivity contribution in [3.05, 3.63) is 59.7 Å². The molecular formula is C21H30N2O4S2. The van der Waals surface area contributed by atoms with Crippen LogP contribution in [0.3, 0.4) is 0 Å². The Labute approximate surface area is 174 Å². The van der Waals surface area contributed by atoms with Gasteiger partial charge in [-0.15, -0.1) is 0 Å². The van der Waals surface area contributed by atoms with Gasteiger partial charge in [0, 0.05) is 13.1 Å². The van der Waals surface area contributed by atoms with E-state index in [-0.39, 0.29) is 11.7 Å². The second-order valence-electron chi connectivity index (χ2n) is 7.30. The Morgan fingerprint density at radius 1 is 0.862 bits per heavy atom. The lowest BCUT2D eigenvalue weighted by atomic mass is 9.97. The summed E-state index contributed by atoms with van der Waals surface area (Å²) in [5, 5.41) is 0. The third-order valence-corrected chi connectivity index (χ3v) is 6.91. The number of sulfonamides is 2. The Hall–Kier alpha value is -1.74. The van der Waals surface area contributed by atoms with Crippen LogP contribution in [0.5, 0.6) is 0 Å². The van der Waals surface area contributed by atoms with Crippen molar-refractivity contribution in [3.63, 3.8) is 0 Å². The second kappa shape index (κ2) is 10.3. The van der Waals surface area contributed by atoms with Crippen LogP contribution in [0, 0.1) is 0 Å². The lowest BCUT2D eigenvalue weighted by molar-refractivity contribution is 0.573. The van der Waals surface area contributed by atoms with Gasteiger partial charge in [-0.05, 0) is 41.0 Å². The average Bonchev–Trinajstić information content (AvgIpc) is 2.66. The third kappa shape index (κ3) is 8.26. The van der Waals surface area contributed by atoms with Gasteiger partial charge in [-0.3, -0.25) is 0 Å². The summed E-state index contributed by atoms with van der Waals surface area (Å²) >= 11 is 0. The van der Waals surface area contributed by atoms with Crippen molar-refractivity contribution in [1.29, 1.82) is 0 Å².